The third-order valence-electron chi connectivity index (χ3n) is 2.90. The van der Waals surface area contributed by atoms with Crippen LogP contribution in [-0.4, -0.2) is 0 Å². The number of nitrogen functional groups attached to an aromatic ring is 1. The zero-order valence-electron chi connectivity index (χ0n) is 10.6. The Labute approximate surface area is 117 Å². The number of halogens is 2. The van der Waals surface area contributed by atoms with Crippen LogP contribution in [0.5, 0.6) is 5.75 Å². The van der Waals surface area contributed by atoms with Crippen LogP contribution < -0.4 is 10.5 Å². The van der Waals surface area contributed by atoms with Gasteiger partial charge in [-0.25, -0.2) is 4.39 Å². The first-order valence-electron chi connectivity index (χ1n) is 6.06. The zero-order chi connectivity index (χ0) is 13.8. The van der Waals surface area contributed by atoms with Gasteiger partial charge in [0.1, 0.15) is 18.2 Å². The average Bonchev–Trinajstić information content (AvgIpc) is 2.41. The minimum atomic E-state index is -0.447. The van der Waals surface area contributed by atoms with Crippen molar-refractivity contribution in [3.63, 3.8) is 0 Å². The van der Waals surface area contributed by atoms with Crippen molar-refractivity contribution in [3.05, 3.63) is 58.4 Å². The van der Waals surface area contributed by atoms with Crippen LogP contribution in [0.2, 0.25) is 5.02 Å². The molecule has 2 aromatic carbocycles. The van der Waals surface area contributed by atoms with Gasteiger partial charge in [0.2, 0.25) is 0 Å². The Kier molecular flexibility index (Phi) is 4.27. The first-order chi connectivity index (χ1) is 9.11. The van der Waals surface area contributed by atoms with Crippen LogP contribution in [0.4, 0.5) is 10.1 Å². The molecule has 0 radical (unpaired) electrons. The van der Waals surface area contributed by atoms with Gasteiger partial charge >= 0.3 is 0 Å². The number of anilines is 1. The molecule has 2 N–H and O–H groups in total. The van der Waals surface area contributed by atoms with Crippen LogP contribution in [0, 0.1) is 5.82 Å². The number of hydrogen-bond donors (Lipinski definition) is 1. The third-order valence-corrected chi connectivity index (χ3v) is 3.32. The van der Waals surface area contributed by atoms with Crippen molar-refractivity contribution < 1.29 is 9.13 Å². The molecular weight excluding hydrogens is 265 g/mol. The molecule has 0 unspecified atom stereocenters. The Morgan fingerprint density at radius 2 is 2.05 bits per heavy atom. The predicted octanol–water partition coefficient (Wildman–Crippen LogP) is 4.20. The minimum absolute atomic E-state index is 0.0891. The molecule has 0 heterocycles. The third kappa shape index (κ3) is 3.18. The molecule has 0 aliphatic carbocycles. The van der Waals surface area contributed by atoms with Crippen LogP contribution in [0.25, 0.3) is 0 Å². The lowest BCUT2D eigenvalue weighted by atomic mass is 10.1. The number of hydrogen-bond acceptors (Lipinski definition) is 2. The molecular formula is C15H15ClFNO. The van der Waals surface area contributed by atoms with Crippen molar-refractivity contribution >= 4 is 17.3 Å². The highest BCUT2D eigenvalue weighted by Crippen LogP contribution is 2.26. The molecule has 0 spiro atoms. The van der Waals surface area contributed by atoms with E-state index >= 15 is 0 Å². The fraction of sp³-hybridized carbons (Fsp3) is 0.200. The second-order valence-electron chi connectivity index (χ2n) is 4.23. The van der Waals surface area contributed by atoms with E-state index in [1.54, 1.807) is 12.1 Å². The second kappa shape index (κ2) is 5.93. The van der Waals surface area contributed by atoms with E-state index in [1.165, 1.54) is 6.07 Å². The maximum Gasteiger partial charge on any atom is 0.142 e. The monoisotopic (exact) mass is 279 g/mol. The Balaban J connectivity index is 2.12. The summed E-state index contributed by atoms with van der Waals surface area (Å²) in [5, 5.41) is 0.0891. The fourth-order valence-corrected chi connectivity index (χ4v) is 1.95. The standard InChI is InChI=1S/C15H15ClFNO/c1-2-10-6-7-14(13(18)8-10)19-9-11-4-3-5-12(17)15(11)16/h3-8H,2,9,18H2,1H3. The zero-order valence-corrected chi connectivity index (χ0v) is 11.4. The summed E-state index contributed by atoms with van der Waals surface area (Å²) in [6.45, 7) is 2.24. The van der Waals surface area contributed by atoms with Gasteiger partial charge in [-0.05, 0) is 30.2 Å². The molecule has 0 aliphatic rings. The van der Waals surface area contributed by atoms with Gasteiger partial charge in [0, 0.05) is 5.56 Å². The number of ether oxygens (including phenoxy) is 1. The Morgan fingerprint density at radius 3 is 2.74 bits per heavy atom. The highest BCUT2D eigenvalue weighted by atomic mass is 35.5. The lowest BCUT2D eigenvalue weighted by Gasteiger charge is -2.11. The number of nitrogens with two attached hydrogens (primary N) is 1. The van der Waals surface area contributed by atoms with Crippen LogP contribution in [-0.2, 0) is 13.0 Å². The quantitative estimate of drug-likeness (QED) is 0.851. The molecule has 0 aromatic heterocycles. The van der Waals surface area contributed by atoms with E-state index in [2.05, 4.69) is 6.92 Å². The summed E-state index contributed by atoms with van der Waals surface area (Å²) < 4.78 is 18.9. The second-order valence-corrected chi connectivity index (χ2v) is 4.61. The molecule has 0 bridgehead atoms. The molecule has 4 heteroatoms. The van der Waals surface area contributed by atoms with Gasteiger partial charge in [0.15, 0.2) is 0 Å². The topological polar surface area (TPSA) is 35.2 Å². The van der Waals surface area contributed by atoms with E-state index in [1.807, 2.05) is 18.2 Å². The Morgan fingerprint density at radius 1 is 1.26 bits per heavy atom. The van der Waals surface area contributed by atoms with Crippen molar-refractivity contribution in [2.75, 3.05) is 5.73 Å². The van der Waals surface area contributed by atoms with Crippen LogP contribution in [0.3, 0.4) is 0 Å². The van der Waals surface area contributed by atoms with Gasteiger partial charge < -0.3 is 10.5 Å². The Hall–Kier alpha value is -1.74. The van der Waals surface area contributed by atoms with E-state index in [0.29, 0.717) is 17.0 Å². The molecule has 0 aliphatic heterocycles. The van der Waals surface area contributed by atoms with Gasteiger partial charge in [-0.1, -0.05) is 36.7 Å². The van der Waals surface area contributed by atoms with Crippen LogP contribution >= 0.6 is 11.6 Å². The van der Waals surface area contributed by atoms with E-state index in [0.717, 1.165) is 12.0 Å². The molecule has 0 saturated carbocycles. The summed E-state index contributed by atoms with van der Waals surface area (Å²) >= 11 is 5.86. The maximum atomic E-state index is 13.3. The van der Waals surface area contributed by atoms with Crippen LogP contribution in [0.15, 0.2) is 36.4 Å². The smallest absolute Gasteiger partial charge is 0.142 e. The number of aryl methyl sites for hydroxylation is 1. The fourth-order valence-electron chi connectivity index (χ4n) is 1.76. The summed E-state index contributed by atoms with van der Waals surface area (Å²) in [6, 6.07) is 10.3. The van der Waals surface area contributed by atoms with E-state index < -0.39 is 5.82 Å². The molecule has 0 fully saturated rings. The van der Waals surface area contributed by atoms with Crippen molar-refractivity contribution in [3.8, 4) is 5.75 Å². The normalized spacial score (nSPS) is 10.5. The summed E-state index contributed by atoms with van der Waals surface area (Å²) in [6.07, 6.45) is 0.917. The summed E-state index contributed by atoms with van der Waals surface area (Å²) in [5.41, 5.74) is 8.22. The maximum absolute atomic E-state index is 13.3. The Bertz CT molecular complexity index is 586. The molecule has 0 atom stereocenters. The lowest BCUT2D eigenvalue weighted by molar-refractivity contribution is 0.307. The van der Waals surface area contributed by atoms with E-state index in [-0.39, 0.29) is 11.6 Å². The van der Waals surface area contributed by atoms with Crippen molar-refractivity contribution in [2.24, 2.45) is 0 Å². The molecule has 2 aromatic rings. The molecule has 2 rings (SSSR count). The SMILES string of the molecule is CCc1ccc(OCc2cccc(F)c2Cl)c(N)c1. The summed E-state index contributed by atoms with van der Waals surface area (Å²) in [4.78, 5) is 0. The molecule has 2 nitrogen and oxygen atoms in total. The first kappa shape index (κ1) is 13.7. The molecule has 19 heavy (non-hydrogen) atoms. The summed E-state index contributed by atoms with van der Waals surface area (Å²) in [5.74, 6) is 0.134. The number of rotatable bonds is 4. The molecule has 100 valence electrons. The van der Waals surface area contributed by atoms with E-state index in [4.69, 9.17) is 22.1 Å². The highest BCUT2D eigenvalue weighted by molar-refractivity contribution is 6.31. The summed E-state index contributed by atoms with van der Waals surface area (Å²) in [7, 11) is 0. The van der Waals surface area contributed by atoms with Crippen molar-refractivity contribution in [1.29, 1.82) is 0 Å². The van der Waals surface area contributed by atoms with E-state index in [9.17, 15) is 4.39 Å². The first-order valence-corrected chi connectivity index (χ1v) is 6.43. The van der Waals surface area contributed by atoms with Gasteiger partial charge in [-0.3, -0.25) is 0 Å². The average molecular weight is 280 g/mol. The number of benzene rings is 2. The highest BCUT2D eigenvalue weighted by Gasteiger charge is 2.07. The van der Waals surface area contributed by atoms with Gasteiger partial charge in [-0.2, -0.15) is 0 Å². The molecule has 0 saturated heterocycles. The van der Waals surface area contributed by atoms with Gasteiger partial charge in [-0.15, -0.1) is 0 Å². The minimum Gasteiger partial charge on any atom is -0.487 e. The van der Waals surface area contributed by atoms with Gasteiger partial charge in [0.05, 0.1) is 10.7 Å². The largest absolute Gasteiger partial charge is 0.487 e. The van der Waals surface area contributed by atoms with Crippen LogP contribution in [0.1, 0.15) is 18.1 Å². The van der Waals surface area contributed by atoms with Crippen molar-refractivity contribution in [2.45, 2.75) is 20.0 Å². The van der Waals surface area contributed by atoms with Gasteiger partial charge in [0.25, 0.3) is 0 Å². The van der Waals surface area contributed by atoms with Crippen molar-refractivity contribution in [1.82, 2.24) is 0 Å². The predicted molar refractivity (Wildman–Crippen MR) is 76.0 cm³/mol. The molecule has 0 amide bonds. The lowest BCUT2D eigenvalue weighted by Crippen LogP contribution is -2.00.